The third kappa shape index (κ3) is 2.69. The Morgan fingerprint density at radius 1 is 0.963 bits per heavy atom. The summed E-state index contributed by atoms with van der Waals surface area (Å²) in [7, 11) is 0. The Balaban J connectivity index is 1.55. The Bertz CT molecular complexity index is 1330. The van der Waals surface area contributed by atoms with Crippen LogP contribution in [0.4, 0.5) is 0 Å². The van der Waals surface area contributed by atoms with Gasteiger partial charge in [-0.3, -0.25) is 14.3 Å². The molecule has 130 valence electrons. The van der Waals surface area contributed by atoms with Gasteiger partial charge >= 0.3 is 0 Å². The quantitative estimate of drug-likeness (QED) is 0.497. The summed E-state index contributed by atoms with van der Waals surface area (Å²) < 4.78 is 3.80. The third-order valence-electron chi connectivity index (χ3n) is 4.77. The van der Waals surface area contributed by atoms with E-state index in [1.54, 1.807) is 29.4 Å². The molecule has 0 fully saturated rings. The Labute approximate surface area is 155 Å². The van der Waals surface area contributed by atoms with Gasteiger partial charge in [0.25, 0.3) is 5.56 Å². The summed E-state index contributed by atoms with van der Waals surface area (Å²) in [6.45, 7) is 0.473. The largest absolute Gasteiger partial charge is 0.317 e. The number of benzene rings is 1. The van der Waals surface area contributed by atoms with Crippen LogP contribution in [-0.4, -0.2) is 18.9 Å². The molecule has 5 heteroatoms. The van der Waals surface area contributed by atoms with Crippen molar-refractivity contribution in [3.8, 4) is 11.3 Å². The lowest BCUT2D eigenvalue weighted by Crippen LogP contribution is -2.21. The van der Waals surface area contributed by atoms with Crippen molar-refractivity contribution in [1.82, 2.24) is 18.9 Å². The minimum Gasteiger partial charge on any atom is -0.317 e. The number of hydrogen-bond acceptors (Lipinski definition) is 3. The van der Waals surface area contributed by atoms with Gasteiger partial charge in [-0.05, 0) is 47.5 Å². The Morgan fingerprint density at radius 2 is 1.93 bits per heavy atom. The van der Waals surface area contributed by atoms with Gasteiger partial charge < -0.3 is 4.40 Å². The van der Waals surface area contributed by atoms with Crippen molar-refractivity contribution < 1.29 is 0 Å². The fourth-order valence-electron chi connectivity index (χ4n) is 3.44. The zero-order valence-electron chi connectivity index (χ0n) is 14.5. The molecule has 0 radical (unpaired) electrons. The predicted molar refractivity (Wildman–Crippen MR) is 106 cm³/mol. The van der Waals surface area contributed by atoms with Crippen molar-refractivity contribution in [3.05, 3.63) is 101 Å². The second-order valence-corrected chi connectivity index (χ2v) is 6.48. The van der Waals surface area contributed by atoms with Crippen molar-refractivity contribution >= 4 is 16.4 Å². The monoisotopic (exact) mass is 352 g/mol. The molecule has 4 heterocycles. The first kappa shape index (κ1) is 15.5. The zero-order valence-corrected chi connectivity index (χ0v) is 14.5. The van der Waals surface area contributed by atoms with Crippen LogP contribution in [-0.2, 0) is 6.54 Å². The highest BCUT2D eigenvalue weighted by molar-refractivity contribution is 5.75. The van der Waals surface area contributed by atoms with E-state index >= 15 is 0 Å². The molecule has 0 saturated heterocycles. The molecule has 0 aliphatic heterocycles. The van der Waals surface area contributed by atoms with E-state index in [9.17, 15) is 4.79 Å². The summed E-state index contributed by atoms with van der Waals surface area (Å²) in [6, 6.07) is 20.3. The summed E-state index contributed by atoms with van der Waals surface area (Å²) in [5.41, 5.74) is 5.01. The van der Waals surface area contributed by atoms with E-state index in [4.69, 9.17) is 0 Å². The van der Waals surface area contributed by atoms with E-state index in [1.807, 2.05) is 24.3 Å². The molecule has 0 N–H and O–H groups in total. The molecule has 5 rings (SSSR count). The molecule has 4 aromatic heterocycles. The Kier molecular flexibility index (Phi) is 3.57. The highest BCUT2D eigenvalue weighted by atomic mass is 16.1. The first-order valence-electron chi connectivity index (χ1n) is 8.74. The van der Waals surface area contributed by atoms with Gasteiger partial charge in [0, 0.05) is 17.9 Å². The molecule has 0 saturated carbocycles. The van der Waals surface area contributed by atoms with Crippen molar-refractivity contribution in [2.45, 2.75) is 6.54 Å². The average molecular weight is 352 g/mol. The molecule has 5 nitrogen and oxygen atoms in total. The van der Waals surface area contributed by atoms with Crippen LogP contribution in [0, 0.1) is 0 Å². The van der Waals surface area contributed by atoms with Crippen molar-refractivity contribution in [1.29, 1.82) is 0 Å². The van der Waals surface area contributed by atoms with Crippen LogP contribution in [0.1, 0.15) is 5.56 Å². The number of aromatic nitrogens is 4. The van der Waals surface area contributed by atoms with Crippen LogP contribution < -0.4 is 5.56 Å². The predicted octanol–water partition coefficient (Wildman–Crippen LogP) is 3.76. The molecular weight excluding hydrogens is 336 g/mol. The molecule has 5 aromatic rings. The van der Waals surface area contributed by atoms with Crippen molar-refractivity contribution in [3.63, 3.8) is 0 Å². The normalized spacial score (nSPS) is 11.3. The third-order valence-corrected chi connectivity index (χ3v) is 4.77. The molecule has 0 unspecified atom stereocenters. The number of nitrogens with zero attached hydrogens (tertiary/aromatic N) is 4. The Morgan fingerprint density at radius 3 is 2.89 bits per heavy atom. The van der Waals surface area contributed by atoms with E-state index in [-0.39, 0.29) is 5.56 Å². The molecule has 0 aliphatic rings. The molecule has 0 aliphatic carbocycles. The number of fused-ring (bicyclic) bond motifs is 2. The van der Waals surface area contributed by atoms with Crippen molar-refractivity contribution in [2.24, 2.45) is 0 Å². The fraction of sp³-hybridized carbons (Fsp3) is 0.0455. The topological polar surface area (TPSA) is 52.2 Å². The molecule has 0 amide bonds. The van der Waals surface area contributed by atoms with Crippen LogP contribution in [0.2, 0.25) is 0 Å². The zero-order chi connectivity index (χ0) is 18.2. The summed E-state index contributed by atoms with van der Waals surface area (Å²) in [4.78, 5) is 21.1. The van der Waals surface area contributed by atoms with Gasteiger partial charge in [-0.15, -0.1) is 0 Å². The highest BCUT2D eigenvalue weighted by Gasteiger charge is 2.07. The average Bonchev–Trinajstić information content (AvgIpc) is 3.15. The van der Waals surface area contributed by atoms with Crippen LogP contribution in [0.3, 0.4) is 0 Å². The summed E-state index contributed by atoms with van der Waals surface area (Å²) in [5.74, 6) is 0. The summed E-state index contributed by atoms with van der Waals surface area (Å²) >= 11 is 0. The van der Waals surface area contributed by atoms with Gasteiger partial charge in [-0.25, -0.2) is 4.98 Å². The maximum atomic E-state index is 12.7. The standard InChI is InChI=1S/C22H16N4O/c27-22-19-9-10-23-13-20(19)24-15-25(22)14-16-4-3-5-17(12-16)21-8-7-18-6-1-2-11-26(18)21/h1-13,15H,14H2. The van der Waals surface area contributed by atoms with E-state index < -0.39 is 0 Å². The van der Waals surface area contributed by atoms with Crippen LogP contribution in [0.15, 0.2) is 90.4 Å². The first-order chi connectivity index (χ1) is 13.3. The van der Waals surface area contributed by atoms with E-state index in [0.717, 1.165) is 22.3 Å². The second kappa shape index (κ2) is 6.21. The first-order valence-corrected chi connectivity index (χ1v) is 8.74. The lowest BCUT2D eigenvalue weighted by molar-refractivity contribution is 0.748. The summed E-state index contributed by atoms with van der Waals surface area (Å²) in [6.07, 6.45) is 6.88. The smallest absolute Gasteiger partial charge is 0.261 e. The van der Waals surface area contributed by atoms with Crippen LogP contribution in [0.5, 0.6) is 0 Å². The lowest BCUT2D eigenvalue weighted by atomic mass is 10.1. The highest BCUT2D eigenvalue weighted by Crippen LogP contribution is 2.23. The molecule has 0 spiro atoms. The minimum atomic E-state index is -0.0547. The Hall–Kier alpha value is -3.73. The fourth-order valence-corrected chi connectivity index (χ4v) is 3.44. The molecule has 0 atom stereocenters. The number of rotatable bonds is 3. The van der Waals surface area contributed by atoms with Gasteiger partial charge in [-0.1, -0.05) is 24.3 Å². The lowest BCUT2D eigenvalue weighted by Gasteiger charge is -2.09. The molecule has 0 bridgehead atoms. The maximum Gasteiger partial charge on any atom is 0.261 e. The van der Waals surface area contributed by atoms with E-state index in [2.05, 4.69) is 50.9 Å². The van der Waals surface area contributed by atoms with Gasteiger partial charge in [0.1, 0.15) is 0 Å². The summed E-state index contributed by atoms with van der Waals surface area (Å²) in [5, 5.41) is 0.584. The minimum absolute atomic E-state index is 0.0547. The number of hydrogen-bond donors (Lipinski definition) is 0. The van der Waals surface area contributed by atoms with Crippen LogP contribution >= 0.6 is 0 Å². The van der Waals surface area contributed by atoms with E-state index in [0.29, 0.717) is 17.4 Å². The van der Waals surface area contributed by atoms with Gasteiger partial charge in [-0.2, -0.15) is 0 Å². The molecular formula is C22H16N4O. The second-order valence-electron chi connectivity index (χ2n) is 6.48. The molecule has 27 heavy (non-hydrogen) atoms. The van der Waals surface area contributed by atoms with Gasteiger partial charge in [0.05, 0.1) is 35.7 Å². The van der Waals surface area contributed by atoms with Gasteiger partial charge in [0.15, 0.2) is 0 Å². The maximum absolute atomic E-state index is 12.7. The van der Waals surface area contributed by atoms with Crippen molar-refractivity contribution in [2.75, 3.05) is 0 Å². The van der Waals surface area contributed by atoms with Crippen LogP contribution in [0.25, 0.3) is 27.7 Å². The SMILES string of the molecule is O=c1c2ccncc2ncn1Cc1cccc(-c2ccc3ccccn23)c1. The number of pyridine rings is 2. The van der Waals surface area contributed by atoms with Gasteiger partial charge in [0.2, 0.25) is 0 Å². The molecule has 1 aromatic carbocycles. The van der Waals surface area contributed by atoms with E-state index in [1.165, 1.54) is 0 Å².